The van der Waals surface area contributed by atoms with Crippen molar-refractivity contribution in [2.75, 3.05) is 5.32 Å². The summed E-state index contributed by atoms with van der Waals surface area (Å²) in [5, 5.41) is 7.35. The average Bonchev–Trinajstić information content (AvgIpc) is 2.74. The molecule has 0 unspecified atom stereocenters. The summed E-state index contributed by atoms with van der Waals surface area (Å²) in [4.78, 5) is 16.4. The first-order chi connectivity index (χ1) is 15.2. The molecule has 2 aromatic carbocycles. The van der Waals surface area contributed by atoms with Crippen LogP contribution in [0.4, 0.5) is 18.9 Å². The molecular weight excluding hydrogens is 439 g/mol. The van der Waals surface area contributed by atoms with E-state index in [0.717, 1.165) is 30.9 Å². The van der Waals surface area contributed by atoms with Crippen molar-refractivity contribution in [3.63, 3.8) is 0 Å². The number of amides is 1. The van der Waals surface area contributed by atoms with E-state index < -0.39 is 11.9 Å². The van der Waals surface area contributed by atoms with Crippen LogP contribution in [-0.4, -0.2) is 23.0 Å². The number of hydrogen-bond donors (Lipinski definition) is 2. The number of fused-ring (bicyclic) bond motifs is 1. The van der Waals surface area contributed by atoms with Gasteiger partial charge in [0, 0.05) is 23.2 Å². The Morgan fingerprint density at radius 2 is 1.84 bits per heavy atom. The largest absolute Gasteiger partial charge is 0.433 e. The number of alkyl halides is 3. The third kappa shape index (κ3) is 4.99. The van der Waals surface area contributed by atoms with Crippen molar-refractivity contribution >= 4 is 34.1 Å². The molecule has 1 amide bonds. The average molecular weight is 462 g/mol. The highest BCUT2D eigenvalue weighted by Crippen LogP contribution is 2.34. The summed E-state index contributed by atoms with van der Waals surface area (Å²) in [6.45, 7) is 1.89. The minimum Gasteiger partial charge on any atom is -0.382 e. The van der Waals surface area contributed by atoms with Crippen LogP contribution in [0, 0.1) is 6.92 Å². The second-order valence-electron chi connectivity index (χ2n) is 8.23. The molecular formula is C24H23ClF3N3O. The molecule has 2 atom stereocenters. The molecule has 0 radical (unpaired) electrons. The molecule has 168 valence electrons. The normalized spacial score (nSPS) is 19.0. The number of rotatable bonds is 4. The summed E-state index contributed by atoms with van der Waals surface area (Å²) in [5.41, 5.74) is 1.14. The maximum atomic E-state index is 13.4. The van der Waals surface area contributed by atoms with E-state index in [2.05, 4.69) is 15.6 Å². The molecule has 8 heteroatoms. The van der Waals surface area contributed by atoms with Gasteiger partial charge in [0.15, 0.2) is 0 Å². The Labute approximate surface area is 189 Å². The van der Waals surface area contributed by atoms with Crippen LogP contribution in [-0.2, 0) is 6.18 Å². The molecule has 4 nitrogen and oxygen atoms in total. The smallest absolute Gasteiger partial charge is 0.382 e. The van der Waals surface area contributed by atoms with Crippen LogP contribution in [0.2, 0.25) is 5.02 Å². The number of carbonyl (C=O) groups excluding carboxylic acids is 1. The molecule has 0 bridgehead atoms. The summed E-state index contributed by atoms with van der Waals surface area (Å²) in [5.74, 6) is -0.245. The number of nitrogens with one attached hydrogen (secondary N) is 2. The van der Waals surface area contributed by atoms with Crippen molar-refractivity contribution in [1.82, 2.24) is 10.3 Å². The zero-order valence-electron chi connectivity index (χ0n) is 17.5. The molecule has 1 aromatic heterocycles. The molecule has 1 aliphatic carbocycles. The molecule has 1 fully saturated rings. The summed E-state index contributed by atoms with van der Waals surface area (Å²) in [6, 6.07) is 12.9. The van der Waals surface area contributed by atoms with Crippen molar-refractivity contribution in [1.29, 1.82) is 0 Å². The third-order valence-corrected chi connectivity index (χ3v) is 6.07. The lowest BCUT2D eigenvalue weighted by atomic mass is 9.90. The van der Waals surface area contributed by atoms with Gasteiger partial charge in [-0.2, -0.15) is 13.2 Å². The number of anilines is 1. The van der Waals surface area contributed by atoms with Gasteiger partial charge in [-0.3, -0.25) is 4.79 Å². The quantitative estimate of drug-likeness (QED) is 0.474. The van der Waals surface area contributed by atoms with E-state index in [1.54, 1.807) is 36.4 Å². The minimum atomic E-state index is -4.53. The fraction of sp³-hybridized carbons (Fsp3) is 0.333. The zero-order valence-corrected chi connectivity index (χ0v) is 18.2. The predicted octanol–water partition coefficient (Wildman–Crippen LogP) is 6.37. The van der Waals surface area contributed by atoms with Crippen LogP contribution in [0.5, 0.6) is 0 Å². The standard InChI is InChI=1S/C24H23ClF3N3O/c1-14-9-10-20-18(11-14)21(13-22(31-20)24(26,27)28)29-15-5-4-6-16(12-15)30-23(32)17-7-2-3-8-19(17)25/h2-3,7-11,13,15-16H,4-6,12H2,1H3,(H,29,31)(H,30,32)/t15-,16+/m0/s1. The van der Waals surface area contributed by atoms with Crippen LogP contribution < -0.4 is 10.6 Å². The van der Waals surface area contributed by atoms with Gasteiger partial charge in [0.1, 0.15) is 5.69 Å². The van der Waals surface area contributed by atoms with E-state index in [-0.39, 0.29) is 18.0 Å². The number of carbonyl (C=O) groups is 1. The van der Waals surface area contributed by atoms with Crippen molar-refractivity contribution in [3.8, 4) is 0 Å². The fourth-order valence-corrected chi connectivity index (χ4v) is 4.41. The highest BCUT2D eigenvalue weighted by molar-refractivity contribution is 6.33. The molecule has 1 heterocycles. The second kappa shape index (κ2) is 8.98. The fourth-order valence-electron chi connectivity index (χ4n) is 4.18. The lowest BCUT2D eigenvalue weighted by molar-refractivity contribution is -0.140. The first-order valence-corrected chi connectivity index (χ1v) is 10.9. The molecule has 32 heavy (non-hydrogen) atoms. The van der Waals surface area contributed by atoms with Gasteiger partial charge in [-0.15, -0.1) is 0 Å². The molecule has 1 aliphatic rings. The Morgan fingerprint density at radius 1 is 1.09 bits per heavy atom. The van der Waals surface area contributed by atoms with Gasteiger partial charge in [0.05, 0.1) is 16.1 Å². The van der Waals surface area contributed by atoms with Crippen LogP contribution in [0.1, 0.15) is 47.3 Å². The van der Waals surface area contributed by atoms with Gasteiger partial charge in [-0.25, -0.2) is 4.98 Å². The highest BCUT2D eigenvalue weighted by atomic mass is 35.5. The van der Waals surface area contributed by atoms with Crippen LogP contribution >= 0.6 is 11.6 Å². The van der Waals surface area contributed by atoms with E-state index in [1.807, 2.05) is 13.0 Å². The summed E-state index contributed by atoms with van der Waals surface area (Å²) < 4.78 is 40.2. The Balaban J connectivity index is 1.54. The molecule has 2 N–H and O–H groups in total. The number of aromatic nitrogens is 1. The molecule has 4 rings (SSSR count). The third-order valence-electron chi connectivity index (χ3n) is 5.74. The number of halogens is 4. The lowest BCUT2D eigenvalue weighted by Crippen LogP contribution is -2.42. The number of aryl methyl sites for hydroxylation is 1. The predicted molar refractivity (Wildman–Crippen MR) is 120 cm³/mol. The maximum absolute atomic E-state index is 13.4. The van der Waals surface area contributed by atoms with Crippen LogP contribution in [0.3, 0.4) is 0 Å². The summed E-state index contributed by atoms with van der Waals surface area (Å²) >= 11 is 6.12. The van der Waals surface area contributed by atoms with Gasteiger partial charge < -0.3 is 10.6 Å². The van der Waals surface area contributed by atoms with E-state index in [9.17, 15) is 18.0 Å². The molecule has 0 saturated heterocycles. The minimum absolute atomic E-state index is 0.0764. The SMILES string of the molecule is Cc1ccc2nc(C(F)(F)F)cc(N[C@H]3CCC[C@@H](NC(=O)c4ccccc4Cl)C3)c2c1. The Kier molecular flexibility index (Phi) is 6.29. The Morgan fingerprint density at radius 3 is 2.59 bits per heavy atom. The van der Waals surface area contributed by atoms with E-state index in [4.69, 9.17) is 11.6 Å². The van der Waals surface area contributed by atoms with E-state index >= 15 is 0 Å². The molecule has 0 spiro atoms. The van der Waals surface area contributed by atoms with Gasteiger partial charge in [-0.1, -0.05) is 35.4 Å². The molecule has 0 aliphatic heterocycles. The van der Waals surface area contributed by atoms with Crippen LogP contribution in [0.15, 0.2) is 48.5 Å². The van der Waals surface area contributed by atoms with Crippen molar-refractivity contribution in [3.05, 3.63) is 70.4 Å². The monoisotopic (exact) mass is 461 g/mol. The highest BCUT2D eigenvalue weighted by Gasteiger charge is 2.34. The lowest BCUT2D eigenvalue weighted by Gasteiger charge is -2.31. The second-order valence-corrected chi connectivity index (χ2v) is 8.64. The van der Waals surface area contributed by atoms with Crippen molar-refractivity contribution < 1.29 is 18.0 Å². The van der Waals surface area contributed by atoms with Crippen LogP contribution in [0.25, 0.3) is 10.9 Å². The first kappa shape index (κ1) is 22.4. The van der Waals surface area contributed by atoms with E-state index in [1.165, 1.54) is 0 Å². The number of pyridine rings is 1. The summed E-state index contributed by atoms with van der Waals surface area (Å²) in [7, 11) is 0. The van der Waals surface area contributed by atoms with Crippen molar-refractivity contribution in [2.24, 2.45) is 0 Å². The van der Waals surface area contributed by atoms with Gasteiger partial charge >= 0.3 is 6.18 Å². The summed E-state index contributed by atoms with van der Waals surface area (Å²) in [6.07, 6.45) is -1.48. The number of hydrogen-bond acceptors (Lipinski definition) is 3. The maximum Gasteiger partial charge on any atom is 0.433 e. The number of benzene rings is 2. The van der Waals surface area contributed by atoms with E-state index in [0.29, 0.717) is 33.6 Å². The Hall–Kier alpha value is -2.80. The Bertz CT molecular complexity index is 1150. The molecule has 3 aromatic rings. The zero-order chi connectivity index (χ0) is 22.9. The van der Waals surface area contributed by atoms with Gasteiger partial charge in [-0.05, 0) is 62.9 Å². The number of nitrogens with zero attached hydrogens (tertiary/aromatic N) is 1. The first-order valence-electron chi connectivity index (χ1n) is 10.5. The topological polar surface area (TPSA) is 54.0 Å². The van der Waals surface area contributed by atoms with Gasteiger partial charge in [0.2, 0.25) is 0 Å². The van der Waals surface area contributed by atoms with Crippen molar-refractivity contribution in [2.45, 2.75) is 50.9 Å². The van der Waals surface area contributed by atoms with Gasteiger partial charge in [0.25, 0.3) is 5.91 Å². The molecule has 1 saturated carbocycles.